The lowest BCUT2D eigenvalue weighted by Crippen LogP contribution is -2.39. The minimum absolute atomic E-state index is 0.0603. The van der Waals surface area contributed by atoms with Crippen molar-refractivity contribution in [1.82, 2.24) is 0 Å². The molecule has 1 aromatic rings. The first-order chi connectivity index (χ1) is 12.8. The highest BCUT2D eigenvalue weighted by Crippen LogP contribution is 2.66. The van der Waals surface area contributed by atoms with Gasteiger partial charge in [-0.15, -0.1) is 0 Å². The Morgan fingerprint density at radius 1 is 1.30 bits per heavy atom. The second kappa shape index (κ2) is 7.55. The Bertz CT molecular complexity index is 757. The summed E-state index contributed by atoms with van der Waals surface area (Å²) in [5.41, 5.74) is 0.639. The van der Waals surface area contributed by atoms with Crippen molar-refractivity contribution in [3.8, 4) is 5.40 Å². The van der Waals surface area contributed by atoms with Crippen molar-refractivity contribution in [2.24, 2.45) is 16.7 Å². The van der Waals surface area contributed by atoms with Gasteiger partial charge in [0.2, 0.25) is 6.10 Å². The second-order valence-electron chi connectivity index (χ2n) is 8.20. The molecule has 0 spiro atoms. The highest BCUT2D eigenvalue weighted by molar-refractivity contribution is 8.04. The van der Waals surface area contributed by atoms with Gasteiger partial charge in [0.15, 0.2) is 0 Å². The van der Waals surface area contributed by atoms with E-state index in [2.05, 4.69) is 20.8 Å². The van der Waals surface area contributed by atoms with Crippen molar-refractivity contribution in [3.05, 3.63) is 35.9 Å². The van der Waals surface area contributed by atoms with Gasteiger partial charge in [0, 0.05) is 11.0 Å². The largest absolute Gasteiger partial charge is 0.459 e. The Kier molecular flexibility index (Phi) is 5.53. The lowest BCUT2D eigenvalue weighted by atomic mass is 9.70. The normalized spacial score (nSPS) is 29.0. The summed E-state index contributed by atoms with van der Waals surface area (Å²) in [6.07, 6.45) is 1.78. The molecular formula is C21H25NO4S. The van der Waals surface area contributed by atoms with Crippen LogP contribution in [0.4, 0.5) is 0 Å². The summed E-state index contributed by atoms with van der Waals surface area (Å²) < 4.78 is 11.3. The van der Waals surface area contributed by atoms with E-state index in [4.69, 9.17) is 14.7 Å². The number of ether oxygens (including phenoxy) is 2. The number of carbonyl (C=O) groups is 2. The molecule has 4 atom stereocenters. The lowest BCUT2D eigenvalue weighted by molar-refractivity contribution is -0.176. The third-order valence-corrected chi connectivity index (χ3v) is 7.30. The fourth-order valence-corrected chi connectivity index (χ4v) is 4.90. The Hall–Kier alpha value is -2.00. The van der Waals surface area contributed by atoms with Crippen molar-refractivity contribution in [2.75, 3.05) is 5.75 Å². The number of thioether (sulfide) groups is 1. The summed E-state index contributed by atoms with van der Waals surface area (Å²) in [6, 6.07) is 8.88. The van der Waals surface area contributed by atoms with Gasteiger partial charge in [-0.1, -0.05) is 51.1 Å². The molecule has 144 valence electrons. The molecule has 0 radical (unpaired) electrons. The van der Waals surface area contributed by atoms with E-state index in [9.17, 15) is 9.59 Å². The van der Waals surface area contributed by atoms with Crippen molar-refractivity contribution in [2.45, 2.75) is 52.2 Å². The SMILES string of the molecule is CC1(C)[C@@H]2CC[C@]1(C)C(OC(=O)C(OC(=O)CSC#N)c1ccccc1)C2. The number of nitriles is 1. The molecular weight excluding hydrogens is 362 g/mol. The predicted octanol–water partition coefficient (Wildman–Crippen LogP) is 4.24. The number of hydrogen-bond donors (Lipinski definition) is 0. The highest BCUT2D eigenvalue weighted by Gasteiger charge is 2.63. The van der Waals surface area contributed by atoms with Gasteiger partial charge < -0.3 is 9.47 Å². The third kappa shape index (κ3) is 3.58. The quantitative estimate of drug-likeness (QED) is 0.537. The number of thiocyanates is 1. The number of carbonyl (C=O) groups excluding carboxylic acids is 2. The summed E-state index contributed by atoms with van der Waals surface area (Å²) in [4.78, 5) is 25.0. The van der Waals surface area contributed by atoms with Crippen LogP contribution in [0.2, 0.25) is 0 Å². The smallest absolute Gasteiger partial charge is 0.352 e. The fraction of sp³-hybridized carbons (Fsp3) is 0.571. The van der Waals surface area contributed by atoms with Gasteiger partial charge in [0.1, 0.15) is 17.3 Å². The van der Waals surface area contributed by atoms with Crippen molar-refractivity contribution >= 4 is 23.7 Å². The summed E-state index contributed by atoms with van der Waals surface area (Å²) in [7, 11) is 0. The van der Waals surface area contributed by atoms with Gasteiger partial charge in [0.05, 0.1) is 0 Å². The zero-order chi connectivity index (χ0) is 19.7. The first-order valence-electron chi connectivity index (χ1n) is 9.25. The predicted molar refractivity (Wildman–Crippen MR) is 102 cm³/mol. The summed E-state index contributed by atoms with van der Waals surface area (Å²) in [5.74, 6) is -0.716. The van der Waals surface area contributed by atoms with Crippen LogP contribution in [0.25, 0.3) is 0 Å². The molecule has 0 heterocycles. The molecule has 2 saturated carbocycles. The molecule has 2 fully saturated rings. The van der Waals surface area contributed by atoms with Gasteiger partial charge >= 0.3 is 11.9 Å². The van der Waals surface area contributed by atoms with E-state index in [-0.39, 0.29) is 22.7 Å². The van der Waals surface area contributed by atoms with Crippen LogP contribution in [0.5, 0.6) is 0 Å². The van der Waals surface area contributed by atoms with E-state index < -0.39 is 18.0 Å². The van der Waals surface area contributed by atoms with Gasteiger partial charge in [-0.25, -0.2) is 4.79 Å². The maximum atomic E-state index is 13.0. The first kappa shape index (κ1) is 19.8. The summed E-state index contributed by atoms with van der Waals surface area (Å²) >= 11 is 0.786. The molecule has 5 nitrogen and oxygen atoms in total. The van der Waals surface area contributed by atoms with E-state index >= 15 is 0 Å². The Morgan fingerprint density at radius 2 is 2.00 bits per heavy atom. The molecule has 0 amide bonds. The molecule has 27 heavy (non-hydrogen) atoms. The van der Waals surface area contributed by atoms with Crippen LogP contribution in [-0.4, -0.2) is 23.8 Å². The zero-order valence-corrected chi connectivity index (χ0v) is 16.8. The van der Waals surface area contributed by atoms with E-state index in [1.807, 2.05) is 11.5 Å². The summed E-state index contributed by atoms with van der Waals surface area (Å²) in [5, 5.41) is 10.4. The average Bonchev–Trinajstić information content (AvgIpc) is 2.98. The topological polar surface area (TPSA) is 76.4 Å². The molecule has 6 heteroatoms. The van der Waals surface area contributed by atoms with Crippen LogP contribution in [-0.2, 0) is 19.1 Å². The molecule has 2 bridgehead atoms. The average molecular weight is 388 g/mol. The standard InChI is InChI=1S/C21H25NO4S/c1-20(2)15-9-10-21(20,3)16(11-15)25-19(24)18(14-7-5-4-6-8-14)26-17(23)12-27-13-22/h4-8,15-16,18H,9-12H2,1-3H3/t15-,16?,18?,21-/m1/s1. The van der Waals surface area contributed by atoms with E-state index in [1.165, 1.54) is 6.42 Å². The summed E-state index contributed by atoms with van der Waals surface area (Å²) in [6.45, 7) is 6.71. The number of fused-ring (bicyclic) bond motifs is 2. The number of hydrogen-bond acceptors (Lipinski definition) is 6. The lowest BCUT2D eigenvalue weighted by Gasteiger charge is -2.38. The van der Waals surface area contributed by atoms with Gasteiger partial charge in [-0.2, -0.15) is 5.26 Å². The molecule has 0 aromatic heterocycles. The number of nitrogens with zero attached hydrogens (tertiary/aromatic N) is 1. The van der Waals surface area contributed by atoms with Crippen molar-refractivity contribution in [3.63, 3.8) is 0 Å². The molecule has 0 aliphatic heterocycles. The van der Waals surface area contributed by atoms with Crippen LogP contribution in [0, 0.1) is 27.4 Å². The van der Waals surface area contributed by atoms with Crippen LogP contribution in [0.1, 0.15) is 51.7 Å². The molecule has 2 unspecified atom stereocenters. The Balaban J connectivity index is 1.76. The first-order valence-corrected chi connectivity index (χ1v) is 10.2. The van der Waals surface area contributed by atoms with Crippen LogP contribution in [0.15, 0.2) is 30.3 Å². The van der Waals surface area contributed by atoms with Crippen LogP contribution < -0.4 is 0 Å². The van der Waals surface area contributed by atoms with Crippen molar-refractivity contribution < 1.29 is 19.1 Å². The number of esters is 2. The fourth-order valence-electron chi connectivity index (χ4n) is 4.65. The number of rotatable bonds is 6. The molecule has 2 aliphatic carbocycles. The van der Waals surface area contributed by atoms with Gasteiger partial charge in [-0.05, 0) is 42.4 Å². The highest BCUT2D eigenvalue weighted by atomic mass is 32.2. The molecule has 3 rings (SSSR count). The molecule has 0 saturated heterocycles. The molecule has 2 aliphatic rings. The van der Waals surface area contributed by atoms with E-state index in [0.717, 1.165) is 24.6 Å². The third-order valence-electron chi connectivity index (χ3n) is 6.79. The maximum absolute atomic E-state index is 13.0. The molecule has 1 aromatic carbocycles. The van der Waals surface area contributed by atoms with Crippen molar-refractivity contribution in [1.29, 1.82) is 5.26 Å². The minimum atomic E-state index is -1.11. The van der Waals surface area contributed by atoms with Gasteiger partial charge in [-0.3, -0.25) is 4.79 Å². The molecule has 0 N–H and O–H groups in total. The van der Waals surface area contributed by atoms with E-state index in [1.54, 1.807) is 24.3 Å². The van der Waals surface area contributed by atoms with E-state index in [0.29, 0.717) is 11.5 Å². The Labute approximate surface area is 164 Å². The van der Waals surface area contributed by atoms with Gasteiger partial charge in [0.25, 0.3) is 0 Å². The number of benzene rings is 1. The zero-order valence-electron chi connectivity index (χ0n) is 15.9. The minimum Gasteiger partial charge on any atom is -0.459 e. The Morgan fingerprint density at radius 3 is 2.56 bits per heavy atom. The second-order valence-corrected chi connectivity index (χ2v) is 8.96. The van der Waals surface area contributed by atoms with Crippen LogP contribution >= 0.6 is 11.8 Å². The monoisotopic (exact) mass is 387 g/mol. The van der Waals surface area contributed by atoms with Crippen LogP contribution in [0.3, 0.4) is 0 Å². The maximum Gasteiger partial charge on any atom is 0.352 e.